The van der Waals surface area contributed by atoms with Crippen molar-refractivity contribution in [1.29, 1.82) is 0 Å². The van der Waals surface area contributed by atoms with Gasteiger partial charge in [0, 0.05) is 12.2 Å². The van der Waals surface area contributed by atoms with E-state index < -0.39 is 39.1 Å². The second-order valence-corrected chi connectivity index (χ2v) is 10.9. The number of likely N-dealkylation sites (N-methyl/N-ethyl adjacent to an activating group) is 1. The number of esters is 2. The van der Waals surface area contributed by atoms with Crippen LogP contribution >= 0.6 is 7.82 Å². The van der Waals surface area contributed by atoms with Crippen LogP contribution in [0.1, 0.15) is 11.1 Å². The van der Waals surface area contributed by atoms with Gasteiger partial charge in [-0.2, -0.15) is 0 Å². The van der Waals surface area contributed by atoms with Crippen LogP contribution in [0.2, 0.25) is 0 Å². The number of quaternary nitrogens is 1. The molecule has 0 aromatic heterocycles. The lowest BCUT2D eigenvalue weighted by molar-refractivity contribution is -0.870. The molecule has 0 aliphatic carbocycles. The zero-order chi connectivity index (χ0) is 29.6. The van der Waals surface area contributed by atoms with Crippen LogP contribution in [0.5, 0.6) is 11.5 Å². The van der Waals surface area contributed by atoms with Gasteiger partial charge in [-0.1, -0.05) is 24.3 Å². The molecule has 2 aromatic carbocycles. The lowest BCUT2D eigenvalue weighted by atomic mass is 10.2. The fraction of sp³-hybridized carbons (Fsp3) is 0.357. The van der Waals surface area contributed by atoms with Crippen molar-refractivity contribution in [2.75, 3.05) is 61.7 Å². The maximum Gasteiger partial charge on any atom is 0.472 e. The molecule has 1 unspecified atom stereocenters. The van der Waals surface area contributed by atoms with Crippen LogP contribution < -0.4 is 9.47 Å². The molecule has 40 heavy (non-hydrogen) atoms. The van der Waals surface area contributed by atoms with E-state index in [1.54, 1.807) is 62.8 Å². The van der Waals surface area contributed by atoms with Crippen molar-refractivity contribution in [3.8, 4) is 11.5 Å². The van der Waals surface area contributed by atoms with Gasteiger partial charge in [0.25, 0.3) is 0 Å². The number of benzene rings is 2. The minimum Gasteiger partial charge on any atom is -0.497 e. The molecule has 1 N–H and O–H groups in total. The van der Waals surface area contributed by atoms with Gasteiger partial charge < -0.3 is 28.3 Å². The highest BCUT2D eigenvalue weighted by atomic mass is 31.2. The summed E-state index contributed by atoms with van der Waals surface area (Å²) in [5.74, 6) is -0.113. The highest BCUT2D eigenvalue weighted by Crippen LogP contribution is 2.44. The maximum absolute atomic E-state index is 12.5. The Labute approximate surface area is 234 Å². The highest BCUT2D eigenvalue weighted by Gasteiger charge is 2.29. The Morgan fingerprint density at radius 2 is 1.25 bits per heavy atom. The van der Waals surface area contributed by atoms with Crippen molar-refractivity contribution in [2.24, 2.45) is 0 Å². The predicted octanol–water partition coefficient (Wildman–Crippen LogP) is 3.73. The normalized spacial score (nSPS) is 13.4. The zero-order valence-corrected chi connectivity index (χ0v) is 24.2. The molecule has 0 aliphatic rings. The number of methoxy groups -OCH3 is 2. The van der Waals surface area contributed by atoms with Crippen LogP contribution in [-0.2, 0) is 32.7 Å². The molecular weight excluding hydrogens is 541 g/mol. The molecule has 0 radical (unpaired) electrons. The summed E-state index contributed by atoms with van der Waals surface area (Å²) in [5, 5.41) is 0. The van der Waals surface area contributed by atoms with E-state index in [1.165, 1.54) is 24.3 Å². The van der Waals surface area contributed by atoms with Crippen LogP contribution in [0.4, 0.5) is 0 Å². The molecule has 2 aromatic rings. The van der Waals surface area contributed by atoms with Crippen LogP contribution in [0.15, 0.2) is 60.7 Å². The van der Waals surface area contributed by atoms with Crippen molar-refractivity contribution >= 4 is 31.9 Å². The van der Waals surface area contributed by atoms with Gasteiger partial charge in [-0.15, -0.1) is 0 Å². The Morgan fingerprint density at radius 3 is 1.62 bits per heavy atom. The SMILES string of the molecule is COc1ccc(/C=C/C(=O)OCC(COC(=O)/C=C/c2ccc(OC)cc2)OP(=O)(O)OCC[N+](C)(C)C)cc1. The summed E-state index contributed by atoms with van der Waals surface area (Å²) >= 11 is 0. The first kappa shape index (κ1) is 32.7. The zero-order valence-electron chi connectivity index (χ0n) is 23.3. The number of hydrogen-bond acceptors (Lipinski definition) is 9. The van der Waals surface area contributed by atoms with Crippen molar-refractivity contribution < 1.29 is 51.5 Å². The number of carbonyl (C=O) groups is 2. The van der Waals surface area contributed by atoms with E-state index in [2.05, 4.69) is 0 Å². The largest absolute Gasteiger partial charge is 0.497 e. The first-order chi connectivity index (χ1) is 18.9. The molecular formula is C28H37NO10P+. The molecule has 12 heteroatoms. The fourth-order valence-corrected chi connectivity index (χ4v) is 3.83. The molecule has 218 valence electrons. The molecule has 0 amide bonds. The van der Waals surface area contributed by atoms with E-state index in [9.17, 15) is 19.0 Å². The van der Waals surface area contributed by atoms with Crippen LogP contribution in [0.25, 0.3) is 12.2 Å². The first-order valence-electron chi connectivity index (χ1n) is 12.3. The Morgan fingerprint density at radius 1 is 0.825 bits per heavy atom. The lowest BCUT2D eigenvalue weighted by Crippen LogP contribution is -2.37. The maximum atomic E-state index is 12.5. The van der Waals surface area contributed by atoms with Crippen molar-refractivity contribution in [1.82, 2.24) is 0 Å². The van der Waals surface area contributed by atoms with Gasteiger partial charge >= 0.3 is 19.8 Å². The van der Waals surface area contributed by atoms with E-state index >= 15 is 0 Å². The molecule has 0 saturated heterocycles. The molecule has 0 aliphatic heterocycles. The molecule has 0 spiro atoms. The third-order valence-corrected chi connectivity index (χ3v) is 6.25. The number of phosphoric acid groups is 1. The Bertz CT molecular complexity index is 1110. The Hall–Kier alpha value is -3.47. The lowest BCUT2D eigenvalue weighted by Gasteiger charge is -2.25. The summed E-state index contributed by atoms with van der Waals surface area (Å²) in [6.07, 6.45) is 4.19. The van der Waals surface area contributed by atoms with Crippen LogP contribution in [0.3, 0.4) is 0 Å². The van der Waals surface area contributed by atoms with Gasteiger partial charge in [0.1, 0.15) is 44.0 Å². The number of ether oxygens (including phenoxy) is 4. The molecule has 0 heterocycles. The molecule has 2 rings (SSSR count). The second-order valence-electron chi connectivity index (χ2n) is 9.52. The standard InChI is InChI=1S/C28H36NO10P/c1-29(2,3)18-19-38-40(32,33)39-26(20-36-27(30)16-10-22-6-12-24(34-4)13-7-22)21-37-28(31)17-11-23-8-14-25(35-5)15-9-23/h6-17,26H,18-21H2,1-5H3/p+1/b16-10+,17-11+. The number of hydrogen-bond donors (Lipinski definition) is 1. The monoisotopic (exact) mass is 578 g/mol. The van der Waals surface area contributed by atoms with Gasteiger partial charge in [0.05, 0.1) is 35.4 Å². The van der Waals surface area contributed by atoms with Crippen LogP contribution in [-0.4, -0.2) is 89.1 Å². The summed E-state index contributed by atoms with van der Waals surface area (Å²) < 4.78 is 43.8. The minimum absolute atomic E-state index is 0.0568. The quantitative estimate of drug-likeness (QED) is 0.136. The average Bonchev–Trinajstić information content (AvgIpc) is 2.91. The van der Waals surface area contributed by atoms with Gasteiger partial charge in [0.2, 0.25) is 0 Å². The summed E-state index contributed by atoms with van der Waals surface area (Å²) in [4.78, 5) is 34.7. The topological polar surface area (TPSA) is 127 Å². The molecule has 11 nitrogen and oxygen atoms in total. The summed E-state index contributed by atoms with van der Waals surface area (Å²) in [6.45, 7) is -0.553. The van der Waals surface area contributed by atoms with E-state index in [1.807, 2.05) is 21.1 Å². The van der Waals surface area contributed by atoms with Gasteiger partial charge in [-0.25, -0.2) is 14.2 Å². The summed E-state index contributed by atoms with van der Waals surface area (Å²) in [7, 11) is 4.24. The third kappa shape index (κ3) is 13.5. The molecule has 0 bridgehead atoms. The van der Waals surface area contributed by atoms with Crippen molar-refractivity contribution in [2.45, 2.75) is 6.10 Å². The first-order valence-corrected chi connectivity index (χ1v) is 13.8. The second kappa shape index (κ2) is 16.0. The van der Waals surface area contributed by atoms with Gasteiger partial charge in [-0.05, 0) is 47.5 Å². The van der Waals surface area contributed by atoms with E-state index in [4.69, 9.17) is 28.0 Å². The molecule has 0 fully saturated rings. The molecule has 1 atom stereocenters. The summed E-state index contributed by atoms with van der Waals surface area (Å²) in [5.41, 5.74) is 1.46. The number of carbonyl (C=O) groups excluding carboxylic acids is 2. The Balaban J connectivity index is 1.98. The average molecular weight is 579 g/mol. The van der Waals surface area contributed by atoms with Crippen molar-refractivity contribution in [3.05, 3.63) is 71.8 Å². The number of rotatable bonds is 16. The Kier molecular flexibility index (Phi) is 13.1. The van der Waals surface area contributed by atoms with E-state index in [0.717, 1.165) is 11.1 Å². The highest BCUT2D eigenvalue weighted by molar-refractivity contribution is 7.47. The van der Waals surface area contributed by atoms with Gasteiger partial charge in [-0.3, -0.25) is 9.05 Å². The number of nitrogens with zero attached hydrogens (tertiary/aromatic N) is 1. The predicted molar refractivity (Wildman–Crippen MR) is 150 cm³/mol. The fourth-order valence-electron chi connectivity index (χ4n) is 2.96. The summed E-state index contributed by atoms with van der Waals surface area (Å²) in [6, 6.07) is 14.0. The van der Waals surface area contributed by atoms with Gasteiger partial charge in [0.15, 0.2) is 0 Å². The van der Waals surface area contributed by atoms with E-state index in [0.29, 0.717) is 22.5 Å². The molecule has 0 saturated carbocycles. The smallest absolute Gasteiger partial charge is 0.472 e. The van der Waals surface area contributed by atoms with Crippen LogP contribution in [0, 0.1) is 0 Å². The minimum atomic E-state index is -4.55. The third-order valence-electron chi connectivity index (χ3n) is 5.18. The van der Waals surface area contributed by atoms with E-state index in [-0.39, 0.29) is 6.61 Å². The van der Waals surface area contributed by atoms with Crippen molar-refractivity contribution in [3.63, 3.8) is 0 Å². The number of phosphoric ester groups is 1.